The summed E-state index contributed by atoms with van der Waals surface area (Å²) in [5.74, 6) is 1.12. The Morgan fingerprint density at radius 2 is 2.05 bits per heavy atom. The zero-order valence-corrected chi connectivity index (χ0v) is 12.7. The molecule has 0 fully saturated rings. The summed E-state index contributed by atoms with van der Waals surface area (Å²) in [7, 11) is 3.16. The fourth-order valence-electron chi connectivity index (χ4n) is 2.08. The highest BCUT2D eigenvalue weighted by atomic mass is 16.6. The Morgan fingerprint density at radius 1 is 1.33 bits per heavy atom. The van der Waals surface area contributed by atoms with Gasteiger partial charge in [0.2, 0.25) is 6.10 Å². The number of amides is 1. The van der Waals surface area contributed by atoms with Crippen molar-refractivity contribution in [3.8, 4) is 11.5 Å². The van der Waals surface area contributed by atoms with Crippen LogP contribution in [0.5, 0.6) is 11.5 Å². The Hall–Kier alpha value is -2.24. The maximum absolute atomic E-state index is 11.9. The highest BCUT2D eigenvalue weighted by molar-refractivity contribution is 6.04. The number of hydrogen-bond acceptors (Lipinski definition) is 5. The molecule has 1 unspecified atom stereocenters. The fraction of sp³-hybridized carbons (Fsp3) is 0.467. The van der Waals surface area contributed by atoms with Gasteiger partial charge in [-0.1, -0.05) is 5.16 Å². The quantitative estimate of drug-likeness (QED) is 0.897. The number of rotatable bonds is 5. The summed E-state index contributed by atoms with van der Waals surface area (Å²) in [5, 5.41) is 6.82. The summed E-state index contributed by atoms with van der Waals surface area (Å²) in [6, 6.07) is 5.57. The third kappa shape index (κ3) is 3.45. The molecule has 2 rings (SSSR count). The van der Waals surface area contributed by atoms with Crippen LogP contribution in [0.3, 0.4) is 0 Å². The first-order valence-corrected chi connectivity index (χ1v) is 6.80. The first kappa shape index (κ1) is 15.2. The number of oxime groups is 1. The Balaban J connectivity index is 2.09. The molecule has 0 aromatic heterocycles. The maximum Gasteiger partial charge on any atom is 0.264 e. The highest BCUT2D eigenvalue weighted by Crippen LogP contribution is 2.29. The Morgan fingerprint density at radius 3 is 2.67 bits per heavy atom. The van der Waals surface area contributed by atoms with E-state index in [4.69, 9.17) is 14.3 Å². The smallest absolute Gasteiger partial charge is 0.264 e. The van der Waals surface area contributed by atoms with Crippen LogP contribution in [0.2, 0.25) is 0 Å². The molecule has 1 amide bonds. The molecule has 1 aliphatic rings. The molecule has 1 N–H and O–H groups in total. The van der Waals surface area contributed by atoms with E-state index in [-0.39, 0.29) is 11.9 Å². The number of nitrogens with one attached hydrogen (secondary N) is 1. The van der Waals surface area contributed by atoms with Crippen molar-refractivity contribution in [1.82, 2.24) is 5.32 Å². The van der Waals surface area contributed by atoms with Crippen molar-refractivity contribution in [3.63, 3.8) is 0 Å². The molecule has 6 heteroatoms. The first-order valence-electron chi connectivity index (χ1n) is 6.80. The molecule has 1 aliphatic heterocycles. The SMILES string of the molecule is COc1ccc(C2=NOC(C(=O)NC(C)C)C2)cc1OC. The topological polar surface area (TPSA) is 69.2 Å². The van der Waals surface area contributed by atoms with Crippen LogP contribution in [0.15, 0.2) is 23.4 Å². The van der Waals surface area contributed by atoms with Gasteiger partial charge in [0.25, 0.3) is 5.91 Å². The van der Waals surface area contributed by atoms with E-state index in [0.29, 0.717) is 17.9 Å². The summed E-state index contributed by atoms with van der Waals surface area (Å²) in [5.41, 5.74) is 1.58. The van der Waals surface area contributed by atoms with E-state index in [0.717, 1.165) is 11.3 Å². The minimum Gasteiger partial charge on any atom is -0.493 e. The van der Waals surface area contributed by atoms with Crippen molar-refractivity contribution < 1.29 is 19.1 Å². The summed E-state index contributed by atoms with van der Waals surface area (Å²) < 4.78 is 10.5. The minimum absolute atomic E-state index is 0.0752. The van der Waals surface area contributed by atoms with E-state index in [9.17, 15) is 4.79 Å². The molecular formula is C15H20N2O4. The molecular weight excluding hydrogens is 272 g/mol. The lowest BCUT2D eigenvalue weighted by molar-refractivity contribution is -0.131. The van der Waals surface area contributed by atoms with E-state index in [1.54, 1.807) is 20.3 Å². The second-order valence-electron chi connectivity index (χ2n) is 5.07. The number of benzene rings is 1. The van der Waals surface area contributed by atoms with Gasteiger partial charge in [0.05, 0.1) is 19.9 Å². The molecule has 0 aliphatic carbocycles. The van der Waals surface area contributed by atoms with Gasteiger partial charge < -0.3 is 19.6 Å². The first-order chi connectivity index (χ1) is 10.0. The molecule has 0 saturated heterocycles. The van der Waals surface area contributed by atoms with Crippen molar-refractivity contribution in [3.05, 3.63) is 23.8 Å². The fourth-order valence-corrected chi connectivity index (χ4v) is 2.08. The number of methoxy groups -OCH3 is 2. The lowest BCUT2D eigenvalue weighted by atomic mass is 10.0. The molecule has 0 saturated carbocycles. The number of carbonyl (C=O) groups excluding carboxylic acids is 1. The molecule has 1 aromatic rings. The van der Waals surface area contributed by atoms with Gasteiger partial charge in [-0.3, -0.25) is 4.79 Å². The van der Waals surface area contributed by atoms with E-state index < -0.39 is 6.10 Å². The number of hydrogen-bond donors (Lipinski definition) is 1. The molecule has 1 heterocycles. The van der Waals surface area contributed by atoms with Crippen LogP contribution in [0, 0.1) is 0 Å². The predicted octanol–water partition coefficient (Wildman–Crippen LogP) is 1.72. The average molecular weight is 292 g/mol. The summed E-state index contributed by atoms with van der Waals surface area (Å²) >= 11 is 0. The van der Waals surface area contributed by atoms with E-state index in [2.05, 4.69) is 10.5 Å². The van der Waals surface area contributed by atoms with E-state index >= 15 is 0 Å². The van der Waals surface area contributed by atoms with Gasteiger partial charge in [-0.15, -0.1) is 0 Å². The molecule has 1 aromatic carbocycles. The zero-order chi connectivity index (χ0) is 15.4. The molecule has 114 valence electrons. The maximum atomic E-state index is 11.9. The van der Waals surface area contributed by atoms with Gasteiger partial charge in [-0.25, -0.2) is 0 Å². The van der Waals surface area contributed by atoms with Crippen LogP contribution < -0.4 is 14.8 Å². The predicted molar refractivity (Wildman–Crippen MR) is 78.9 cm³/mol. The molecule has 6 nitrogen and oxygen atoms in total. The minimum atomic E-state index is -0.574. The van der Waals surface area contributed by atoms with Crippen LogP contribution in [0.25, 0.3) is 0 Å². The number of ether oxygens (including phenoxy) is 2. The second-order valence-corrected chi connectivity index (χ2v) is 5.07. The van der Waals surface area contributed by atoms with Crippen LogP contribution >= 0.6 is 0 Å². The van der Waals surface area contributed by atoms with Gasteiger partial charge >= 0.3 is 0 Å². The second kappa shape index (κ2) is 6.47. The van der Waals surface area contributed by atoms with Crippen molar-refractivity contribution in [2.45, 2.75) is 32.4 Å². The molecule has 21 heavy (non-hydrogen) atoms. The normalized spacial score (nSPS) is 17.2. The van der Waals surface area contributed by atoms with Crippen molar-refractivity contribution in [1.29, 1.82) is 0 Å². The van der Waals surface area contributed by atoms with Crippen molar-refractivity contribution >= 4 is 11.6 Å². The third-order valence-corrected chi connectivity index (χ3v) is 3.11. The summed E-state index contributed by atoms with van der Waals surface area (Å²) in [6.07, 6.45) is -0.135. The summed E-state index contributed by atoms with van der Waals surface area (Å²) in [6.45, 7) is 3.81. The third-order valence-electron chi connectivity index (χ3n) is 3.11. The Kier molecular flexibility index (Phi) is 4.67. The lowest BCUT2D eigenvalue weighted by Crippen LogP contribution is -2.38. The van der Waals surface area contributed by atoms with E-state index in [1.807, 2.05) is 26.0 Å². The Labute approximate surface area is 124 Å². The highest BCUT2D eigenvalue weighted by Gasteiger charge is 2.29. The molecule has 0 radical (unpaired) electrons. The van der Waals surface area contributed by atoms with Crippen LogP contribution in [0.4, 0.5) is 0 Å². The van der Waals surface area contributed by atoms with Crippen LogP contribution in [-0.4, -0.2) is 38.0 Å². The average Bonchev–Trinajstić information content (AvgIpc) is 2.95. The number of nitrogens with zero attached hydrogens (tertiary/aromatic N) is 1. The Bertz CT molecular complexity index is 555. The molecule has 1 atom stereocenters. The summed E-state index contributed by atoms with van der Waals surface area (Å²) in [4.78, 5) is 17.1. The zero-order valence-electron chi connectivity index (χ0n) is 12.7. The van der Waals surface area contributed by atoms with Gasteiger partial charge in [0.1, 0.15) is 0 Å². The van der Waals surface area contributed by atoms with E-state index in [1.165, 1.54) is 0 Å². The van der Waals surface area contributed by atoms with Crippen LogP contribution in [-0.2, 0) is 9.63 Å². The van der Waals surface area contributed by atoms with Gasteiger partial charge in [-0.05, 0) is 32.0 Å². The van der Waals surface area contributed by atoms with Crippen LogP contribution in [0.1, 0.15) is 25.8 Å². The van der Waals surface area contributed by atoms with Gasteiger partial charge in [0.15, 0.2) is 11.5 Å². The van der Waals surface area contributed by atoms with Gasteiger partial charge in [-0.2, -0.15) is 0 Å². The largest absolute Gasteiger partial charge is 0.493 e. The lowest BCUT2D eigenvalue weighted by Gasteiger charge is -2.12. The van der Waals surface area contributed by atoms with Crippen molar-refractivity contribution in [2.75, 3.05) is 14.2 Å². The van der Waals surface area contributed by atoms with Crippen molar-refractivity contribution in [2.24, 2.45) is 5.16 Å². The number of carbonyl (C=O) groups is 1. The standard InChI is InChI=1S/C15H20N2O4/c1-9(2)16-15(18)14-8-11(17-21-14)10-5-6-12(19-3)13(7-10)20-4/h5-7,9,14H,8H2,1-4H3,(H,16,18). The van der Waals surface area contributed by atoms with Gasteiger partial charge in [0, 0.05) is 18.0 Å². The molecule has 0 bridgehead atoms. The molecule has 0 spiro atoms. The monoisotopic (exact) mass is 292 g/mol.